The third-order valence-electron chi connectivity index (χ3n) is 6.80. The van der Waals surface area contributed by atoms with Crippen LogP contribution in [0.2, 0.25) is 0 Å². The van der Waals surface area contributed by atoms with Crippen LogP contribution in [0.1, 0.15) is 127 Å². The average Bonchev–Trinajstić information content (AvgIpc) is 2.98. The highest BCUT2D eigenvalue weighted by atomic mass is 35.5. The Morgan fingerprint density at radius 1 is 0.688 bits per heavy atom. The molecule has 48 heavy (non-hydrogen) atoms. The lowest BCUT2D eigenvalue weighted by molar-refractivity contribution is -0.108. The Labute approximate surface area is 298 Å². The molecule has 0 amide bonds. The van der Waals surface area contributed by atoms with Gasteiger partial charge in [0, 0.05) is 6.08 Å². The van der Waals surface area contributed by atoms with E-state index in [0.29, 0.717) is 28.7 Å². The van der Waals surface area contributed by atoms with Gasteiger partial charge in [0.05, 0.1) is 23.8 Å². The first-order valence-electron chi connectivity index (χ1n) is 15.0. The number of aryl methyl sites for hydroxylation is 4. The number of esters is 1. The summed E-state index contributed by atoms with van der Waals surface area (Å²) in [5, 5.41) is -0.427. The fourth-order valence-corrected chi connectivity index (χ4v) is 4.59. The van der Waals surface area contributed by atoms with Crippen molar-refractivity contribution in [1.29, 1.82) is 0 Å². The number of halogens is 1. The van der Waals surface area contributed by atoms with Gasteiger partial charge in [-0.1, -0.05) is 99.9 Å². The smallest absolute Gasteiger partial charge is 0.343 e. The number of ether oxygens (including phenoxy) is 2. The average molecular weight is 678 g/mol. The molecule has 0 aromatic heterocycles. The Morgan fingerprint density at radius 2 is 1.12 bits per heavy atom. The van der Waals surface area contributed by atoms with Crippen LogP contribution in [0.5, 0.6) is 11.5 Å². The van der Waals surface area contributed by atoms with Crippen LogP contribution < -0.4 is 9.47 Å². The molecule has 5 heteroatoms. The Morgan fingerprint density at radius 3 is 1.46 bits per heavy atom. The highest BCUT2D eigenvalue weighted by Gasteiger charge is 2.14. The van der Waals surface area contributed by atoms with Crippen molar-refractivity contribution in [3.8, 4) is 11.5 Å². The standard InChI is InChI=1S/C18H20O2.C14H22O.C7H4ClO.4CH4/c1-12(2)16-10-13(3)17(14(4)11-16)20-18(19)15-8-6-5-7-9-15;1-9(2)13-7-11(5)14(12(6)8-13)15-10(3)4;8-7(9)6-4-2-1-3-5-6;;;;/h5-12H,1-4H3;7-10H,1-6H3;2-5H;4*1H4/q;;+1;;;;. The predicted molar refractivity (Wildman–Crippen MR) is 210 cm³/mol. The fraction of sp³-hybridized carbons (Fsp3) is 0.395. The summed E-state index contributed by atoms with van der Waals surface area (Å²) < 4.78 is 11.4. The van der Waals surface area contributed by atoms with Crippen LogP contribution in [0.15, 0.2) is 84.5 Å². The second-order valence-corrected chi connectivity index (χ2v) is 12.1. The number of carbonyl (C=O) groups is 2. The van der Waals surface area contributed by atoms with Gasteiger partial charge in [-0.05, 0) is 110 Å². The molecule has 0 saturated carbocycles. The fourth-order valence-electron chi connectivity index (χ4n) is 4.46. The Kier molecular flexibility index (Phi) is 23.6. The molecular formula is C43H62ClO4+. The van der Waals surface area contributed by atoms with Crippen LogP contribution in [-0.4, -0.2) is 17.3 Å². The molecule has 4 nitrogen and oxygen atoms in total. The van der Waals surface area contributed by atoms with E-state index in [9.17, 15) is 9.59 Å². The summed E-state index contributed by atoms with van der Waals surface area (Å²) in [4.78, 5) is 22.5. The van der Waals surface area contributed by atoms with Gasteiger partial charge in [-0.25, -0.2) is 4.79 Å². The van der Waals surface area contributed by atoms with Crippen molar-refractivity contribution < 1.29 is 19.1 Å². The molecule has 0 fully saturated rings. The van der Waals surface area contributed by atoms with Crippen LogP contribution >= 0.6 is 11.6 Å². The highest BCUT2D eigenvalue weighted by molar-refractivity contribution is 6.68. The van der Waals surface area contributed by atoms with E-state index in [4.69, 9.17) is 21.1 Å². The molecule has 4 rings (SSSR count). The summed E-state index contributed by atoms with van der Waals surface area (Å²) >= 11 is 5.15. The van der Waals surface area contributed by atoms with E-state index in [0.717, 1.165) is 16.9 Å². The lowest BCUT2D eigenvalue weighted by Crippen LogP contribution is -2.10. The zero-order chi connectivity index (χ0) is 33.0. The van der Waals surface area contributed by atoms with E-state index in [-0.39, 0.29) is 41.8 Å². The molecule has 0 saturated heterocycles. The topological polar surface area (TPSA) is 52.6 Å². The van der Waals surface area contributed by atoms with Crippen molar-refractivity contribution in [3.05, 3.63) is 129 Å². The van der Waals surface area contributed by atoms with Crippen LogP contribution in [-0.2, 0) is 4.79 Å². The zero-order valence-corrected chi connectivity index (χ0v) is 28.5. The van der Waals surface area contributed by atoms with Gasteiger partial charge in [0.15, 0.2) is 0 Å². The first-order chi connectivity index (χ1) is 20.7. The second-order valence-electron chi connectivity index (χ2n) is 11.8. The minimum atomic E-state index is -0.427. The molecule has 1 aliphatic rings. The van der Waals surface area contributed by atoms with Gasteiger partial charge in [-0.2, -0.15) is 0 Å². The maximum absolute atomic E-state index is 12.1. The van der Waals surface area contributed by atoms with E-state index in [1.54, 1.807) is 36.4 Å². The van der Waals surface area contributed by atoms with E-state index < -0.39 is 5.24 Å². The molecule has 1 aliphatic carbocycles. The number of hydrogen-bond acceptors (Lipinski definition) is 4. The molecule has 264 valence electrons. The number of carbonyl (C=O) groups excluding carboxylic acids is 2. The Balaban J connectivity index is -0.000000646. The van der Waals surface area contributed by atoms with Gasteiger partial charge in [0.1, 0.15) is 29.2 Å². The normalized spacial score (nSPS) is 10.7. The third-order valence-corrected chi connectivity index (χ3v) is 7.02. The third kappa shape index (κ3) is 15.3. The van der Waals surface area contributed by atoms with Gasteiger partial charge >= 0.3 is 5.97 Å². The highest BCUT2D eigenvalue weighted by Crippen LogP contribution is 2.30. The molecule has 0 N–H and O–H groups in total. The van der Waals surface area contributed by atoms with Crippen LogP contribution in [0, 0.1) is 33.8 Å². The monoisotopic (exact) mass is 677 g/mol. The van der Waals surface area contributed by atoms with Gasteiger partial charge in [-0.15, -0.1) is 0 Å². The minimum absolute atomic E-state index is 0. The first kappa shape index (κ1) is 48.4. The summed E-state index contributed by atoms with van der Waals surface area (Å²) in [6.07, 6.45) is 9.56. The number of allylic oxidation sites excluding steroid dienone is 6. The summed E-state index contributed by atoms with van der Waals surface area (Å²) in [6.45, 7) is 21.1. The number of rotatable bonds is 7. The molecule has 0 atom stereocenters. The summed E-state index contributed by atoms with van der Waals surface area (Å²) in [5.74, 6) is 2.45. The molecule has 0 bridgehead atoms. The first-order valence-corrected chi connectivity index (χ1v) is 15.4. The predicted octanol–water partition coefficient (Wildman–Crippen LogP) is 13.0. The summed E-state index contributed by atoms with van der Waals surface area (Å²) in [6, 6.07) is 17.7. The number of benzene rings is 3. The van der Waals surface area contributed by atoms with Gasteiger partial charge in [0.2, 0.25) is 0 Å². The van der Waals surface area contributed by atoms with Crippen molar-refractivity contribution in [2.45, 2.75) is 117 Å². The van der Waals surface area contributed by atoms with Crippen molar-refractivity contribution >= 4 is 22.8 Å². The van der Waals surface area contributed by atoms with Crippen molar-refractivity contribution in [2.75, 3.05) is 0 Å². The van der Waals surface area contributed by atoms with E-state index in [2.05, 4.69) is 85.7 Å². The molecule has 0 aliphatic heterocycles. The van der Waals surface area contributed by atoms with Gasteiger partial charge < -0.3 is 9.47 Å². The lowest BCUT2D eigenvalue weighted by atomic mass is 9.98. The largest absolute Gasteiger partial charge is 0.490 e. The molecule has 0 spiro atoms. The number of hydrogen-bond donors (Lipinski definition) is 0. The second kappa shape index (κ2) is 23.4. The molecule has 3 aromatic carbocycles. The summed E-state index contributed by atoms with van der Waals surface area (Å²) in [5.41, 5.74) is 8.21. The quantitative estimate of drug-likeness (QED) is 0.108. The molecule has 3 aromatic rings. The maximum atomic E-state index is 12.1. The molecule has 0 radical (unpaired) electrons. The minimum Gasteiger partial charge on any atom is -0.490 e. The lowest BCUT2D eigenvalue weighted by Gasteiger charge is -2.17. The molecule has 0 heterocycles. The maximum Gasteiger partial charge on any atom is 0.343 e. The van der Waals surface area contributed by atoms with E-state index in [1.807, 2.05) is 32.0 Å². The van der Waals surface area contributed by atoms with Crippen LogP contribution in [0.3, 0.4) is 0 Å². The SMILES string of the molecule is C.C.C.C.Cc1cc(C(C)C)cc(C)c1OC(=O)c1ccccc1.Cc1cc(C(C)C)cc(C)c1OC(C)C.O=C(Cl)C1=CC=[C+]C=C1. The zero-order valence-electron chi connectivity index (χ0n) is 27.7. The van der Waals surface area contributed by atoms with Gasteiger partial charge in [-0.3, -0.25) is 4.79 Å². The summed E-state index contributed by atoms with van der Waals surface area (Å²) in [7, 11) is 0. The van der Waals surface area contributed by atoms with E-state index in [1.165, 1.54) is 22.3 Å². The van der Waals surface area contributed by atoms with Crippen molar-refractivity contribution in [1.82, 2.24) is 0 Å². The molecular weight excluding hydrogens is 616 g/mol. The van der Waals surface area contributed by atoms with Crippen molar-refractivity contribution in [3.63, 3.8) is 0 Å². The van der Waals surface area contributed by atoms with Crippen molar-refractivity contribution in [2.24, 2.45) is 0 Å². The Hall–Kier alpha value is -3.98. The van der Waals surface area contributed by atoms with Crippen LogP contribution in [0.4, 0.5) is 0 Å². The van der Waals surface area contributed by atoms with Crippen LogP contribution in [0.25, 0.3) is 0 Å². The molecule has 0 unspecified atom stereocenters. The Bertz CT molecular complexity index is 1460. The van der Waals surface area contributed by atoms with E-state index >= 15 is 0 Å². The van der Waals surface area contributed by atoms with Gasteiger partial charge in [0.25, 0.3) is 5.24 Å².